The van der Waals surface area contributed by atoms with E-state index in [0.717, 1.165) is 19.6 Å². The minimum atomic E-state index is -0.408. The first-order valence-electron chi connectivity index (χ1n) is 11.2. The number of hydrogen-bond acceptors (Lipinski definition) is 4. The van der Waals surface area contributed by atoms with Crippen molar-refractivity contribution in [3.05, 3.63) is 59.0 Å². The first kappa shape index (κ1) is 23.1. The van der Waals surface area contributed by atoms with Crippen molar-refractivity contribution in [2.24, 2.45) is 0 Å². The topological polar surface area (TPSA) is 55.3 Å². The molecule has 0 saturated heterocycles. The van der Waals surface area contributed by atoms with Crippen molar-refractivity contribution >= 4 is 39.0 Å². The molecule has 33 heavy (non-hydrogen) atoms. The van der Waals surface area contributed by atoms with Crippen LogP contribution in [0.15, 0.2) is 47.8 Å². The molecule has 6 heteroatoms. The first-order valence-corrected chi connectivity index (χ1v) is 12.1. The summed E-state index contributed by atoms with van der Waals surface area (Å²) in [6.07, 6.45) is 5.00. The number of benzene rings is 2. The number of rotatable bonds is 10. The molecule has 1 amide bonds. The quantitative estimate of drug-likeness (QED) is 0.267. The fraction of sp³-hybridized carbons (Fsp3) is 0.296. The van der Waals surface area contributed by atoms with Gasteiger partial charge in [0, 0.05) is 52.9 Å². The van der Waals surface area contributed by atoms with E-state index in [1.54, 1.807) is 11.3 Å². The van der Waals surface area contributed by atoms with Crippen LogP contribution in [0, 0.1) is 19.3 Å². The Kier molecular flexibility index (Phi) is 7.46. The number of ether oxygens (including phenoxy) is 1. The highest BCUT2D eigenvalue weighted by Gasteiger charge is 2.12. The van der Waals surface area contributed by atoms with Crippen molar-refractivity contribution in [2.75, 3.05) is 26.3 Å². The molecule has 170 valence electrons. The number of nitrogens with one attached hydrogen (secondary N) is 2. The molecule has 2 heterocycles. The van der Waals surface area contributed by atoms with Gasteiger partial charge in [0.2, 0.25) is 0 Å². The minimum absolute atomic E-state index is 0.408. The Morgan fingerprint density at radius 1 is 1.09 bits per heavy atom. The molecule has 0 unspecified atom stereocenters. The number of thiophene rings is 1. The van der Waals surface area contributed by atoms with E-state index in [1.165, 1.54) is 43.4 Å². The van der Waals surface area contributed by atoms with E-state index in [4.69, 9.17) is 11.2 Å². The third-order valence-corrected chi connectivity index (χ3v) is 6.77. The second-order valence-electron chi connectivity index (χ2n) is 8.01. The van der Waals surface area contributed by atoms with Gasteiger partial charge in [-0.2, -0.15) is 0 Å². The van der Waals surface area contributed by atoms with Crippen LogP contribution in [0.5, 0.6) is 0 Å². The van der Waals surface area contributed by atoms with E-state index in [1.807, 2.05) is 5.92 Å². The zero-order valence-electron chi connectivity index (χ0n) is 19.1. The molecule has 0 aliphatic carbocycles. The van der Waals surface area contributed by atoms with E-state index in [2.05, 4.69) is 76.9 Å². The lowest BCUT2D eigenvalue weighted by Crippen LogP contribution is -2.27. The molecule has 2 aromatic carbocycles. The fourth-order valence-corrected chi connectivity index (χ4v) is 5.00. The zero-order valence-corrected chi connectivity index (χ0v) is 19.9. The average molecular weight is 460 g/mol. The lowest BCUT2D eigenvalue weighted by atomic mass is 10.1. The molecule has 2 aromatic heterocycles. The highest BCUT2D eigenvalue weighted by atomic mass is 32.1. The number of amides is 1. The third kappa shape index (κ3) is 5.28. The van der Waals surface area contributed by atoms with Crippen molar-refractivity contribution < 1.29 is 9.53 Å². The van der Waals surface area contributed by atoms with Gasteiger partial charge in [-0.15, -0.1) is 17.8 Å². The maximum absolute atomic E-state index is 11.0. The van der Waals surface area contributed by atoms with Crippen molar-refractivity contribution in [1.29, 1.82) is 0 Å². The number of carbonyl (C=O) groups excluding carboxylic acids is 1. The molecule has 0 atom stereocenters. The van der Waals surface area contributed by atoms with Gasteiger partial charge in [-0.1, -0.05) is 18.2 Å². The SMILES string of the molecule is C#CC(=O)NCCOCCNCc1ccc2c(c1)c1ccc(-c3cc(C)cs3)cc1n2CC. The summed E-state index contributed by atoms with van der Waals surface area (Å²) in [6.45, 7) is 8.25. The summed E-state index contributed by atoms with van der Waals surface area (Å²) in [5, 5.41) is 10.8. The molecule has 0 fully saturated rings. The second-order valence-corrected chi connectivity index (χ2v) is 8.92. The number of terminal acetylenes is 1. The molecule has 0 bridgehead atoms. The minimum Gasteiger partial charge on any atom is -0.378 e. The van der Waals surface area contributed by atoms with Crippen LogP contribution in [0.4, 0.5) is 0 Å². The van der Waals surface area contributed by atoms with Gasteiger partial charge in [0.25, 0.3) is 5.91 Å². The Morgan fingerprint density at radius 3 is 2.70 bits per heavy atom. The smallest absolute Gasteiger partial charge is 0.295 e. The van der Waals surface area contributed by atoms with Crippen LogP contribution in [0.1, 0.15) is 18.1 Å². The van der Waals surface area contributed by atoms with Crippen molar-refractivity contribution in [1.82, 2.24) is 15.2 Å². The van der Waals surface area contributed by atoms with Gasteiger partial charge < -0.3 is 19.9 Å². The van der Waals surface area contributed by atoms with Crippen molar-refractivity contribution in [3.63, 3.8) is 0 Å². The first-order chi connectivity index (χ1) is 16.1. The molecule has 4 rings (SSSR count). The van der Waals surface area contributed by atoms with Crippen LogP contribution in [-0.2, 0) is 22.6 Å². The molecule has 4 aromatic rings. The Morgan fingerprint density at radius 2 is 1.94 bits per heavy atom. The van der Waals surface area contributed by atoms with Crippen LogP contribution in [0.25, 0.3) is 32.2 Å². The maximum atomic E-state index is 11.0. The normalized spacial score (nSPS) is 11.2. The number of aromatic nitrogens is 1. The van der Waals surface area contributed by atoms with Gasteiger partial charge in [-0.05, 0) is 66.1 Å². The average Bonchev–Trinajstić information content (AvgIpc) is 3.40. The largest absolute Gasteiger partial charge is 0.378 e. The second kappa shape index (κ2) is 10.7. The fourth-order valence-electron chi connectivity index (χ4n) is 4.10. The van der Waals surface area contributed by atoms with Crippen molar-refractivity contribution in [2.45, 2.75) is 26.9 Å². The van der Waals surface area contributed by atoms with Gasteiger partial charge in [0.15, 0.2) is 0 Å². The molecular formula is C27H29N3O2S. The van der Waals surface area contributed by atoms with Crippen molar-refractivity contribution in [3.8, 4) is 22.8 Å². The molecular weight excluding hydrogens is 430 g/mol. The number of carbonyl (C=O) groups is 1. The Labute approximate surface area is 198 Å². The van der Waals surface area contributed by atoms with Crippen LogP contribution in [0.2, 0.25) is 0 Å². The molecule has 0 aliphatic heterocycles. The summed E-state index contributed by atoms with van der Waals surface area (Å²) in [5.41, 5.74) is 6.39. The monoisotopic (exact) mass is 459 g/mol. The molecule has 2 N–H and O–H groups in total. The molecule has 0 radical (unpaired) electrons. The van der Waals surface area contributed by atoms with Gasteiger partial charge in [-0.25, -0.2) is 0 Å². The predicted octanol–water partition coefficient (Wildman–Crippen LogP) is 4.71. The van der Waals surface area contributed by atoms with Crippen LogP contribution in [-0.4, -0.2) is 36.8 Å². The summed E-state index contributed by atoms with van der Waals surface area (Å²) in [5.74, 6) is 1.61. The number of fused-ring (bicyclic) bond motifs is 3. The lowest BCUT2D eigenvalue weighted by molar-refractivity contribution is -0.115. The van der Waals surface area contributed by atoms with Gasteiger partial charge in [0.05, 0.1) is 13.2 Å². The highest BCUT2D eigenvalue weighted by molar-refractivity contribution is 7.13. The molecule has 0 aliphatic rings. The lowest BCUT2D eigenvalue weighted by Gasteiger charge is -2.07. The van der Waals surface area contributed by atoms with Gasteiger partial charge in [-0.3, -0.25) is 4.79 Å². The molecule has 0 spiro atoms. The number of hydrogen-bond donors (Lipinski definition) is 2. The summed E-state index contributed by atoms with van der Waals surface area (Å²) in [6, 6.07) is 15.8. The number of aryl methyl sites for hydroxylation is 2. The van der Waals surface area contributed by atoms with E-state index >= 15 is 0 Å². The Bertz CT molecular complexity index is 1310. The van der Waals surface area contributed by atoms with Crippen LogP contribution >= 0.6 is 11.3 Å². The van der Waals surface area contributed by atoms with E-state index in [9.17, 15) is 4.79 Å². The summed E-state index contributed by atoms with van der Waals surface area (Å²) >= 11 is 1.80. The predicted molar refractivity (Wildman–Crippen MR) is 138 cm³/mol. The Balaban J connectivity index is 1.42. The highest BCUT2D eigenvalue weighted by Crippen LogP contribution is 2.35. The summed E-state index contributed by atoms with van der Waals surface area (Å²) in [4.78, 5) is 12.3. The van der Waals surface area contributed by atoms with Gasteiger partial charge >= 0.3 is 0 Å². The van der Waals surface area contributed by atoms with Gasteiger partial charge in [0.1, 0.15) is 0 Å². The number of nitrogens with zero attached hydrogens (tertiary/aromatic N) is 1. The van der Waals surface area contributed by atoms with E-state index in [0.29, 0.717) is 19.8 Å². The van der Waals surface area contributed by atoms with E-state index < -0.39 is 5.91 Å². The van der Waals surface area contributed by atoms with E-state index in [-0.39, 0.29) is 0 Å². The van der Waals surface area contributed by atoms with Crippen LogP contribution < -0.4 is 10.6 Å². The summed E-state index contributed by atoms with van der Waals surface area (Å²) < 4.78 is 7.91. The molecule has 0 saturated carbocycles. The van der Waals surface area contributed by atoms with Crippen LogP contribution in [0.3, 0.4) is 0 Å². The maximum Gasteiger partial charge on any atom is 0.295 e. The molecule has 5 nitrogen and oxygen atoms in total. The zero-order chi connectivity index (χ0) is 23.2. The summed E-state index contributed by atoms with van der Waals surface area (Å²) in [7, 11) is 0. The Hall–Kier alpha value is -3.11. The third-order valence-electron chi connectivity index (χ3n) is 5.68. The standard InChI is InChI=1S/C27H29N3O2S/c1-4-27(31)29-11-13-32-12-10-28-17-20-6-9-24-23(15-20)22-8-7-21(16-25(22)30(24)5-2)26-14-19(3)18-33-26/h1,6-9,14-16,18,28H,5,10-13,17H2,2-3H3,(H,29,31).